The lowest BCUT2D eigenvalue weighted by Crippen LogP contribution is -2.39. The van der Waals surface area contributed by atoms with Crippen LogP contribution in [0, 0.1) is 27.9 Å². The Labute approximate surface area is 232 Å². The Morgan fingerprint density at radius 1 is 0.923 bits per heavy atom. The summed E-state index contributed by atoms with van der Waals surface area (Å²) in [5.41, 5.74) is 1.41. The molecule has 5 rings (SSSR count). The van der Waals surface area contributed by atoms with Crippen molar-refractivity contribution in [3.8, 4) is 11.1 Å². The van der Waals surface area contributed by atoms with Crippen LogP contribution in [0.5, 0.6) is 0 Å². The summed E-state index contributed by atoms with van der Waals surface area (Å²) in [7, 11) is 0. The maximum Gasteiger partial charge on any atom is 0.307 e. The average Bonchev–Trinajstić information content (AvgIpc) is 3.43. The van der Waals surface area contributed by atoms with Gasteiger partial charge in [0.25, 0.3) is 17.5 Å². The molecule has 1 saturated carbocycles. The highest BCUT2D eigenvalue weighted by Gasteiger charge is 2.48. The summed E-state index contributed by atoms with van der Waals surface area (Å²) in [6.07, 6.45) is 0.588. The molecule has 1 N–H and O–H groups in total. The summed E-state index contributed by atoms with van der Waals surface area (Å²) < 4.78 is 0. The fourth-order valence-electron chi connectivity index (χ4n) is 5.48. The van der Waals surface area contributed by atoms with Crippen molar-refractivity contribution in [1.82, 2.24) is 4.90 Å². The number of Topliss-reactive ketones (excluding diaryl/α,β-unsaturated/α-hetero) is 1. The van der Waals surface area contributed by atoms with E-state index in [1.54, 1.807) is 36.4 Å². The molecule has 2 aliphatic rings. The number of imide groups is 1. The SMILES string of the molecule is O=C(c1ccc(-c2ccc(Cl)cc2)cc1)C1CCC(CN2C(=O)c3cc(Cl)c([N+](=O)[O-])cc3C2=O)C1C(=O)O. The van der Waals surface area contributed by atoms with Crippen molar-refractivity contribution >= 4 is 52.5 Å². The molecule has 2 amide bonds. The van der Waals surface area contributed by atoms with Crippen molar-refractivity contribution in [2.24, 2.45) is 17.8 Å². The minimum atomic E-state index is -1.19. The number of amides is 2. The van der Waals surface area contributed by atoms with E-state index >= 15 is 0 Å². The van der Waals surface area contributed by atoms with E-state index in [4.69, 9.17) is 23.2 Å². The van der Waals surface area contributed by atoms with E-state index in [-0.39, 0.29) is 34.9 Å². The summed E-state index contributed by atoms with van der Waals surface area (Å²) in [6, 6.07) is 16.1. The number of nitro benzene ring substituents is 1. The Bertz CT molecular complexity index is 1540. The zero-order valence-electron chi connectivity index (χ0n) is 20.2. The molecule has 3 unspecified atom stereocenters. The van der Waals surface area contributed by atoms with Crippen molar-refractivity contribution in [2.45, 2.75) is 12.8 Å². The first-order valence-electron chi connectivity index (χ1n) is 12.0. The second-order valence-electron chi connectivity index (χ2n) is 9.58. The van der Waals surface area contributed by atoms with E-state index < -0.39 is 46.1 Å². The number of nitrogens with zero attached hydrogens (tertiary/aromatic N) is 2. The molecule has 3 atom stereocenters. The molecule has 3 aromatic carbocycles. The highest BCUT2D eigenvalue weighted by molar-refractivity contribution is 6.34. The molecule has 1 heterocycles. The van der Waals surface area contributed by atoms with Gasteiger partial charge in [-0.25, -0.2) is 0 Å². The Hall–Kier alpha value is -4.08. The van der Waals surface area contributed by atoms with Gasteiger partial charge in [-0.05, 0) is 48.1 Å². The van der Waals surface area contributed by atoms with Crippen molar-refractivity contribution in [2.75, 3.05) is 6.54 Å². The lowest BCUT2D eigenvalue weighted by molar-refractivity contribution is -0.384. The molecule has 1 aliphatic heterocycles. The summed E-state index contributed by atoms with van der Waals surface area (Å²) in [5.74, 6) is -5.59. The largest absolute Gasteiger partial charge is 0.481 e. The van der Waals surface area contributed by atoms with Crippen molar-refractivity contribution in [3.05, 3.63) is 97.5 Å². The quantitative estimate of drug-likeness (QED) is 0.166. The van der Waals surface area contributed by atoms with Crippen LogP contribution in [0.3, 0.4) is 0 Å². The van der Waals surface area contributed by atoms with Gasteiger partial charge in [-0.15, -0.1) is 0 Å². The molecule has 0 saturated heterocycles. The van der Waals surface area contributed by atoms with Crippen LogP contribution in [-0.2, 0) is 4.79 Å². The second-order valence-corrected chi connectivity index (χ2v) is 10.4. The number of nitro groups is 1. The number of rotatable bonds is 7. The van der Waals surface area contributed by atoms with Gasteiger partial charge < -0.3 is 5.11 Å². The lowest BCUT2D eigenvalue weighted by Gasteiger charge is -2.24. The Morgan fingerprint density at radius 3 is 2.05 bits per heavy atom. The maximum atomic E-state index is 13.4. The van der Waals surface area contributed by atoms with E-state index in [1.165, 1.54) is 0 Å². The molecule has 198 valence electrons. The molecule has 39 heavy (non-hydrogen) atoms. The van der Waals surface area contributed by atoms with E-state index in [0.717, 1.165) is 28.2 Å². The normalized spacial score (nSPS) is 20.3. The van der Waals surface area contributed by atoms with Crippen molar-refractivity contribution in [1.29, 1.82) is 0 Å². The van der Waals surface area contributed by atoms with Gasteiger partial charge in [0, 0.05) is 29.1 Å². The maximum absolute atomic E-state index is 13.4. The number of carboxylic acid groups (broad SMARTS) is 1. The van der Waals surface area contributed by atoms with Gasteiger partial charge in [0.2, 0.25) is 0 Å². The third-order valence-electron chi connectivity index (χ3n) is 7.41. The van der Waals surface area contributed by atoms with Crippen molar-refractivity contribution in [3.63, 3.8) is 0 Å². The zero-order chi connectivity index (χ0) is 28.0. The molecule has 0 spiro atoms. The van der Waals surface area contributed by atoms with E-state index in [0.29, 0.717) is 17.0 Å². The molecule has 0 radical (unpaired) electrons. The van der Waals surface area contributed by atoms with Crippen LogP contribution in [0.2, 0.25) is 10.0 Å². The summed E-state index contributed by atoms with van der Waals surface area (Å²) in [4.78, 5) is 63.0. The van der Waals surface area contributed by atoms with Crippen LogP contribution in [0.25, 0.3) is 11.1 Å². The van der Waals surface area contributed by atoms with E-state index in [1.807, 2.05) is 12.1 Å². The fraction of sp³-hybridized carbons (Fsp3) is 0.214. The third kappa shape index (κ3) is 4.79. The predicted molar refractivity (Wildman–Crippen MR) is 142 cm³/mol. The average molecular weight is 567 g/mol. The van der Waals surface area contributed by atoms with Crippen molar-refractivity contribution < 1.29 is 29.2 Å². The number of hydrogen-bond acceptors (Lipinski definition) is 6. The van der Waals surface area contributed by atoms with Crippen LogP contribution in [-0.4, -0.2) is 45.0 Å². The van der Waals surface area contributed by atoms with Crippen LogP contribution in [0.15, 0.2) is 60.7 Å². The van der Waals surface area contributed by atoms with Gasteiger partial charge in [0.1, 0.15) is 5.02 Å². The molecule has 9 nitrogen and oxygen atoms in total. The number of hydrogen-bond donors (Lipinski definition) is 1. The topological polar surface area (TPSA) is 135 Å². The smallest absolute Gasteiger partial charge is 0.307 e. The van der Waals surface area contributed by atoms with Gasteiger partial charge in [-0.1, -0.05) is 59.6 Å². The Kier molecular flexibility index (Phi) is 6.96. The number of carbonyl (C=O) groups excluding carboxylic acids is 3. The first kappa shape index (κ1) is 26.5. The number of halogens is 2. The number of aliphatic carboxylic acids is 1. The number of ketones is 1. The van der Waals surface area contributed by atoms with Crippen LogP contribution in [0.4, 0.5) is 5.69 Å². The highest BCUT2D eigenvalue weighted by atomic mass is 35.5. The molecule has 11 heteroatoms. The van der Waals surface area contributed by atoms with Crippen LogP contribution in [0.1, 0.15) is 43.9 Å². The fourth-order valence-corrected chi connectivity index (χ4v) is 5.84. The molecular formula is C28H20Cl2N2O7. The minimum absolute atomic E-state index is 0.0751. The molecule has 1 aliphatic carbocycles. The number of fused-ring (bicyclic) bond motifs is 1. The molecule has 0 bridgehead atoms. The standard InChI is InChI=1S/C28H20Cl2N2O7/c29-18-8-5-15(6-9-18)14-1-3-16(4-2-14)25(33)19-10-7-17(24(19)28(36)37)13-31-26(34)20-11-22(30)23(32(38)39)12-21(20)27(31)35/h1-6,8-9,11-12,17,19,24H,7,10,13H2,(H,36,37). The first-order valence-corrected chi connectivity index (χ1v) is 12.8. The Morgan fingerprint density at radius 2 is 1.49 bits per heavy atom. The van der Waals surface area contributed by atoms with E-state index in [2.05, 4.69) is 0 Å². The van der Waals surface area contributed by atoms with Crippen LogP contribution >= 0.6 is 23.2 Å². The Balaban J connectivity index is 1.34. The molecular weight excluding hydrogens is 547 g/mol. The number of carbonyl (C=O) groups is 4. The zero-order valence-corrected chi connectivity index (χ0v) is 21.7. The monoisotopic (exact) mass is 566 g/mol. The number of carboxylic acids is 1. The summed E-state index contributed by atoms with van der Waals surface area (Å²) in [6.45, 7) is -0.228. The van der Waals surface area contributed by atoms with Crippen LogP contribution < -0.4 is 0 Å². The summed E-state index contributed by atoms with van der Waals surface area (Å²) >= 11 is 11.9. The molecule has 0 aromatic heterocycles. The van der Waals surface area contributed by atoms with Gasteiger partial charge in [0.15, 0.2) is 5.78 Å². The third-order valence-corrected chi connectivity index (χ3v) is 7.97. The van der Waals surface area contributed by atoms with Gasteiger partial charge in [-0.3, -0.25) is 34.2 Å². The first-order chi connectivity index (χ1) is 18.6. The highest BCUT2D eigenvalue weighted by Crippen LogP contribution is 2.41. The minimum Gasteiger partial charge on any atom is -0.481 e. The molecule has 3 aromatic rings. The van der Waals surface area contributed by atoms with Gasteiger partial charge in [0.05, 0.1) is 22.0 Å². The summed E-state index contributed by atoms with van der Waals surface area (Å²) in [5, 5.41) is 21.6. The van der Waals surface area contributed by atoms with Gasteiger partial charge in [-0.2, -0.15) is 0 Å². The number of benzene rings is 3. The predicted octanol–water partition coefficient (Wildman–Crippen LogP) is 5.77. The second kappa shape index (κ2) is 10.2. The van der Waals surface area contributed by atoms with Gasteiger partial charge >= 0.3 is 5.97 Å². The molecule has 1 fully saturated rings. The lowest BCUT2D eigenvalue weighted by atomic mass is 9.84. The van der Waals surface area contributed by atoms with E-state index in [9.17, 15) is 34.4 Å².